The van der Waals surface area contributed by atoms with Crippen LogP contribution in [0.5, 0.6) is 5.88 Å². The maximum absolute atomic E-state index is 12.7. The number of ether oxygens (including phenoxy) is 1. The molecule has 134 valence electrons. The van der Waals surface area contributed by atoms with Gasteiger partial charge in [-0.15, -0.1) is 0 Å². The Morgan fingerprint density at radius 3 is 2.69 bits per heavy atom. The number of rotatable bonds is 3. The third-order valence-corrected chi connectivity index (χ3v) is 4.90. The Kier molecular flexibility index (Phi) is 4.28. The molecule has 3 aromatic rings. The Morgan fingerprint density at radius 2 is 2.00 bits per heavy atom. The number of likely N-dealkylation sites (tertiary alicyclic amines) is 1. The van der Waals surface area contributed by atoms with E-state index in [1.165, 1.54) is 5.69 Å². The summed E-state index contributed by atoms with van der Waals surface area (Å²) >= 11 is 0. The van der Waals surface area contributed by atoms with E-state index in [-0.39, 0.29) is 5.91 Å². The van der Waals surface area contributed by atoms with Crippen LogP contribution in [0.1, 0.15) is 40.5 Å². The lowest BCUT2D eigenvalue weighted by atomic mass is 9.93. The highest BCUT2D eigenvalue weighted by atomic mass is 16.5. The molecular weight excluding hydrogens is 330 g/mol. The maximum Gasteiger partial charge on any atom is 0.255 e. The van der Waals surface area contributed by atoms with Gasteiger partial charge in [-0.25, -0.2) is 14.5 Å². The van der Waals surface area contributed by atoms with Gasteiger partial charge in [0, 0.05) is 49.2 Å². The summed E-state index contributed by atoms with van der Waals surface area (Å²) in [5.74, 6) is 0.905. The average Bonchev–Trinajstić information content (AvgIpc) is 3.08. The number of aromatic nitrogens is 4. The Morgan fingerprint density at radius 1 is 1.19 bits per heavy atom. The Labute approximate surface area is 151 Å². The van der Waals surface area contributed by atoms with Crippen LogP contribution in [-0.2, 0) is 0 Å². The normalized spacial score (nSPS) is 15.4. The summed E-state index contributed by atoms with van der Waals surface area (Å²) in [4.78, 5) is 23.1. The molecule has 1 aliphatic rings. The topological polar surface area (TPSA) is 72.6 Å². The number of carbonyl (C=O) groups excluding carboxylic acids is 1. The Balaban J connectivity index is 1.47. The first kappa shape index (κ1) is 16.5. The zero-order chi connectivity index (χ0) is 18.1. The van der Waals surface area contributed by atoms with Gasteiger partial charge in [0.1, 0.15) is 0 Å². The van der Waals surface area contributed by atoms with Crippen LogP contribution < -0.4 is 4.74 Å². The first-order valence-corrected chi connectivity index (χ1v) is 8.76. The minimum Gasteiger partial charge on any atom is -0.481 e. The van der Waals surface area contributed by atoms with Crippen molar-refractivity contribution >= 4 is 11.6 Å². The Hall–Kier alpha value is -2.96. The van der Waals surface area contributed by atoms with Crippen molar-refractivity contribution in [1.82, 2.24) is 24.5 Å². The quantitative estimate of drug-likeness (QED) is 0.725. The van der Waals surface area contributed by atoms with Crippen molar-refractivity contribution in [1.29, 1.82) is 0 Å². The second-order valence-electron chi connectivity index (χ2n) is 6.58. The molecule has 0 aromatic carbocycles. The number of pyridine rings is 1. The summed E-state index contributed by atoms with van der Waals surface area (Å²) in [6, 6.07) is 7.50. The van der Waals surface area contributed by atoms with Crippen LogP contribution in [-0.4, -0.2) is 50.6 Å². The molecule has 0 N–H and O–H groups in total. The smallest absolute Gasteiger partial charge is 0.255 e. The maximum atomic E-state index is 12.7. The van der Waals surface area contributed by atoms with E-state index in [0.29, 0.717) is 17.4 Å². The second-order valence-corrected chi connectivity index (χ2v) is 6.58. The summed E-state index contributed by atoms with van der Waals surface area (Å²) < 4.78 is 6.98. The second kappa shape index (κ2) is 6.74. The number of hydrogen-bond acceptors (Lipinski definition) is 5. The zero-order valence-electron chi connectivity index (χ0n) is 14.9. The zero-order valence-corrected chi connectivity index (χ0v) is 14.9. The van der Waals surface area contributed by atoms with Gasteiger partial charge >= 0.3 is 0 Å². The van der Waals surface area contributed by atoms with Crippen molar-refractivity contribution in [2.75, 3.05) is 20.2 Å². The molecular formula is C19H21N5O2. The average molecular weight is 351 g/mol. The fourth-order valence-electron chi connectivity index (χ4n) is 3.53. The predicted molar refractivity (Wildman–Crippen MR) is 96.4 cm³/mol. The van der Waals surface area contributed by atoms with Crippen LogP contribution in [0.2, 0.25) is 0 Å². The summed E-state index contributed by atoms with van der Waals surface area (Å²) in [6.45, 7) is 3.42. The van der Waals surface area contributed by atoms with Crippen LogP contribution >= 0.6 is 0 Å². The van der Waals surface area contributed by atoms with E-state index >= 15 is 0 Å². The van der Waals surface area contributed by atoms with E-state index < -0.39 is 0 Å². The summed E-state index contributed by atoms with van der Waals surface area (Å²) in [5, 5.41) is 4.56. The molecule has 1 saturated heterocycles. The fourth-order valence-corrected chi connectivity index (χ4v) is 3.53. The highest BCUT2D eigenvalue weighted by Crippen LogP contribution is 2.28. The number of hydrogen-bond donors (Lipinski definition) is 0. The van der Waals surface area contributed by atoms with Gasteiger partial charge in [0.05, 0.1) is 18.4 Å². The molecule has 7 heteroatoms. The fraction of sp³-hybridized carbons (Fsp3) is 0.368. The van der Waals surface area contributed by atoms with Crippen LogP contribution in [0.15, 0.2) is 36.7 Å². The van der Waals surface area contributed by atoms with E-state index in [9.17, 15) is 4.79 Å². The van der Waals surface area contributed by atoms with Gasteiger partial charge in [-0.05, 0) is 31.9 Å². The van der Waals surface area contributed by atoms with Crippen molar-refractivity contribution < 1.29 is 9.53 Å². The highest BCUT2D eigenvalue weighted by Gasteiger charge is 2.26. The summed E-state index contributed by atoms with van der Waals surface area (Å²) in [5.41, 5.74) is 3.60. The molecule has 4 rings (SSSR count). The molecule has 4 heterocycles. The van der Waals surface area contributed by atoms with Crippen LogP contribution in [0.25, 0.3) is 5.65 Å². The van der Waals surface area contributed by atoms with Crippen molar-refractivity contribution in [3.8, 4) is 5.88 Å². The number of nitrogens with zero attached hydrogens (tertiary/aromatic N) is 5. The molecule has 0 unspecified atom stereocenters. The highest BCUT2D eigenvalue weighted by molar-refractivity contribution is 5.94. The number of aryl methyl sites for hydroxylation is 1. The van der Waals surface area contributed by atoms with Crippen molar-refractivity contribution in [3.63, 3.8) is 0 Å². The third-order valence-electron chi connectivity index (χ3n) is 4.90. The third kappa shape index (κ3) is 3.00. The minimum atomic E-state index is 0.0217. The summed E-state index contributed by atoms with van der Waals surface area (Å²) in [7, 11) is 1.56. The molecule has 1 aliphatic heterocycles. The minimum absolute atomic E-state index is 0.0217. The molecule has 0 bridgehead atoms. The standard InChI is InChI=1S/C19H21N5O2/c1-13-11-17-20-8-5-16(24(17)22-13)14-6-9-23(10-7-14)19(25)15-3-4-18(26-2)21-12-15/h3-5,8,11-12,14H,6-7,9-10H2,1-2H3. The van der Waals surface area contributed by atoms with Gasteiger partial charge in [0.25, 0.3) is 5.91 Å². The molecule has 1 fully saturated rings. The van der Waals surface area contributed by atoms with Gasteiger partial charge in [-0.1, -0.05) is 0 Å². The molecule has 0 atom stereocenters. The lowest BCUT2D eigenvalue weighted by Crippen LogP contribution is -2.38. The largest absolute Gasteiger partial charge is 0.481 e. The van der Waals surface area contributed by atoms with Crippen molar-refractivity contribution in [2.45, 2.75) is 25.7 Å². The van der Waals surface area contributed by atoms with Gasteiger partial charge in [-0.2, -0.15) is 5.10 Å². The number of amides is 1. The van der Waals surface area contributed by atoms with Crippen molar-refractivity contribution in [2.24, 2.45) is 0 Å². The van der Waals surface area contributed by atoms with Gasteiger partial charge in [0.2, 0.25) is 5.88 Å². The molecule has 0 radical (unpaired) electrons. The van der Waals surface area contributed by atoms with E-state index in [2.05, 4.69) is 15.1 Å². The van der Waals surface area contributed by atoms with Crippen molar-refractivity contribution in [3.05, 3.63) is 53.6 Å². The monoisotopic (exact) mass is 351 g/mol. The lowest BCUT2D eigenvalue weighted by Gasteiger charge is -2.32. The molecule has 0 spiro atoms. The van der Waals surface area contributed by atoms with Gasteiger partial charge in [-0.3, -0.25) is 4.79 Å². The molecule has 1 amide bonds. The number of methoxy groups -OCH3 is 1. The van der Waals surface area contributed by atoms with E-state index in [1.807, 2.05) is 34.7 Å². The number of carbonyl (C=O) groups is 1. The van der Waals surface area contributed by atoms with Crippen LogP contribution in [0.3, 0.4) is 0 Å². The van der Waals surface area contributed by atoms with E-state index in [0.717, 1.165) is 37.3 Å². The number of fused-ring (bicyclic) bond motifs is 1. The Bertz CT molecular complexity index is 927. The number of piperidine rings is 1. The molecule has 26 heavy (non-hydrogen) atoms. The van der Waals surface area contributed by atoms with Crippen LogP contribution in [0.4, 0.5) is 0 Å². The molecule has 3 aromatic heterocycles. The first-order valence-electron chi connectivity index (χ1n) is 8.76. The van der Waals surface area contributed by atoms with Crippen LogP contribution in [0, 0.1) is 6.92 Å². The SMILES string of the molecule is COc1ccc(C(=O)N2CCC(c3ccnc4cc(C)nn34)CC2)cn1. The first-order chi connectivity index (χ1) is 12.7. The van der Waals surface area contributed by atoms with E-state index in [4.69, 9.17) is 4.74 Å². The summed E-state index contributed by atoms with van der Waals surface area (Å²) in [6.07, 6.45) is 5.24. The molecule has 0 aliphatic carbocycles. The predicted octanol–water partition coefficient (Wildman–Crippen LogP) is 2.46. The molecule has 7 nitrogen and oxygen atoms in total. The molecule has 0 saturated carbocycles. The van der Waals surface area contributed by atoms with Gasteiger partial charge in [0.15, 0.2) is 5.65 Å². The van der Waals surface area contributed by atoms with E-state index in [1.54, 1.807) is 25.4 Å². The lowest BCUT2D eigenvalue weighted by molar-refractivity contribution is 0.0711. The van der Waals surface area contributed by atoms with Gasteiger partial charge < -0.3 is 9.64 Å².